The van der Waals surface area contributed by atoms with Crippen LogP contribution in [0.1, 0.15) is 30.7 Å². The fraction of sp³-hybridized carbons (Fsp3) is 0.750. The molecule has 0 aliphatic carbocycles. The van der Waals surface area contributed by atoms with E-state index in [0.29, 0.717) is 12.2 Å². The van der Waals surface area contributed by atoms with E-state index in [1.54, 1.807) is 4.68 Å². The molecule has 5 heteroatoms. The topological polar surface area (TPSA) is 77.0 Å². The number of hydrogen-bond acceptors (Lipinski definition) is 4. The molecule has 0 saturated carbocycles. The summed E-state index contributed by atoms with van der Waals surface area (Å²) in [6.45, 7) is 0.0959. The fourth-order valence-electron chi connectivity index (χ4n) is 1.64. The Morgan fingerprint density at radius 1 is 1.62 bits per heavy atom. The van der Waals surface area contributed by atoms with Gasteiger partial charge in [-0.1, -0.05) is 0 Å². The van der Waals surface area contributed by atoms with Gasteiger partial charge in [-0.15, -0.1) is 0 Å². The summed E-state index contributed by atoms with van der Waals surface area (Å²) in [5.41, 5.74) is 5.85. The summed E-state index contributed by atoms with van der Waals surface area (Å²) in [6.07, 6.45) is 3.50. The van der Waals surface area contributed by atoms with Crippen LogP contribution in [0.3, 0.4) is 0 Å². The van der Waals surface area contributed by atoms with Crippen molar-refractivity contribution in [2.75, 3.05) is 6.61 Å². The summed E-state index contributed by atoms with van der Waals surface area (Å²) in [6, 6.07) is 0. The van der Waals surface area contributed by atoms with Crippen LogP contribution in [0.2, 0.25) is 0 Å². The second kappa shape index (κ2) is 3.43. The van der Waals surface area contributed by atoms with E-state index in [2.05, 4.69) is 10.1 Å². The van der Waals surface area contributed by atoms with E-state index in [9.17, 15) is 0 Å². The van der Waals surface area contributed by atoms with Gasteiger partial charge in [0.1, 0.15) is 12.0 Å². The predicted molar refractivity (Wildman–Crippen MR) is 47.0 cm³/mol. The van der Waals surface area contributed by atoms with E-state index < -0.39 is 0 Å². The highest BCUT2D eigenvalue weighted by molar-refractivity contribution is 4.97. The van der Waals surface area contributed by atoms with Crippen LogP contribution in [-0.2, 0) is 12.8 Å². The van der Waals surface area contributed by atoms with E-state index in [1.807, 2.05) is 0 Å². The van der Waals surface area contributed by atoms with Crippen molar-refractivity contribution in [3.05, 3.63) is 11.6 Å². The summed E-state index contributed by atoms with van der Waals surface area (Å²) in [7, 11) is 0. The zero-order chi connectivity index (χ0) is 9.26. The zero-order valence-corrected chi connectivity index (χ0v) is 7.48. The summed E-state index contributed by atoms with van der Waals surface area (Å²) in [5.74, 6) is 1.66. The normalized spacial score (nSPS) is 21.5. The zero-order valence-electron chi connectivity index (χ0n) is 7.48. The van der Waals surface area contributed by atoms with Crippen molar-refractivity contribution in [2.45, 2.75) is 31.8 Å². The predicted octanol–water partition coefficient (Wildman–Crippen LogP) is -0.394. The van der Waals surface area contributed by atoms with E-state index in [-0.39, 0.29) is 12.8 Å². The Morgan fingerprint density at radius 2 is 2.46 bits per heavy atom. The number of fused-ring (bicyclic) bond motifs is 1. The first-order valence-electron chi connectivity index (χ1n) is 4.62. The average Bonchev–Trinajstić information content (AvgIpc) is 2.49. The third kappa shape index (κ3) is 1.57. The molecule has 1 aromatic rings. The molecule has 1 aliphatic rings. The molecule has 0 bridgehead atoms. The lowest BCUT2D eigenvalue weighted by atomic mass is 10.1. The monoisotopic (exact) mass is 182 g/mol. The molecule has 13 heavy (non-hydrogen) atoms. The second-order valence-corrected chi connectivity index (χ2v) is 3.32. The van der Waals surface area contributed by atoms with Crippen LogP contribution in [0.4, 0.5) is 0 Å². The van der Waals surface area contributed by atoms with Crippen molar-refractivity contribution in [3.63, 3.8) is 0 Å². The average molecular weight is 182 g/mol. The van der Waals surface area contributed by atoms with Gasteiger partial charge in [-0.2, -0.15) is 5.10 Å². The van der Waals surface area contributed by atoms with E-state index >= 15 is 0 Å². The van der Waals surface area contributed by atoms with Gasteiger partial charge in [0.05, 0.1) is 6.61 Å². The number of aliphatic hydroxyl groups is 1. The van der Waals surface area contributed by atoms with Gasteiger partial charge in [-0.3, -0.25) is 0 Å². The van der Waals surface area contributed by atoms with Crippen LogP contribution in [0.15, 0.2) is 0 Å². The Hall–Kier alpha value is -0.940. The maximum atomic E-state index is 8.73. The standard InChI is InChI=1S/C8H14N4O/c9-6-2-1-3-8-10-7(4-5-13)11-12(6)8/h6,13H,1-5,9H2. The van der Waals surface area contributed by atoms with E-state index in [4.69, 9.17) is 10.8 Å². The van der Waals surface area contributed by atoms with Gasteiger partial charge in [0.15, 0.2) is 5.82 Å². The highest BCUT2D eigenvalue weighted by Crippen LogP contribution is 2.18. The molecular weight excluding hydrogens is 168 g/mol. The quantitative estimate of drug-likeness (QED) is 0.653. The van der Waals surface area contributed by atoms with Gasteiger partial charge >= 0.3 is 0 Å². The molecule has 5 nitrogen and oxygen atoms in total. The molecule has 2 rings (SSSR count). The Kier molecular flexibility index (Phi) is 2.28. The third-order valence-corrected chi connectivity index (χ3v) is 2.30. The van der Waals surface area contributed by atoms with Gasteiger partial charge in [-0.05, 0) is 12.8 Å². The first-order chi connectivity index (χ1) is 6.31. The molecule has 3 N–H and O–H groups in total. The van der Waals surface area contributed by atoms with Crippen LogP contribution in [0.25, 0.3) is 0 Å². The summed E-state index contributed by atoms with van der Waals surface area (Å²) >= 11 is 0. The van der Waals surface area contributed by atoms with Crippen molar-refractivity contribution >= 4 is 0 Å². The third-order valence-electron chi connectivity index (χ3n) is 2.30. The number of hydrogen-bond donors (Lipinski definition) is 2. The number of aryl methyl sites for hydroxylation is 1. The maximum absolute atomic E-state index is 8.73. The van der Waals surface area contributed by atoms with Gasteiger partial charge < -0.3 is 10.8 Å². The van der Waals surface area contributed by atoms with Gasteiger partial charge in [-0.25, -0.2) is 9.67 Å². The SMILES string of the molecule is NC1CCCc2nc(CCO)nn21. The molecule has 0 fully saturated rings. The Labute approximate surface area is 76.6 Å². The minimum Gasteiger partial charge on any atom is -0.396 e. The van der Waals surface area contributed by atoms with Crippen molar-refractivity contribution in [3.8, 4) is 0 Å². The Bertz CT molecular complexity index is 296. The van der Waals surface area contributed by atoms with Crippen LogP contribution in [-0.4, -0.2) is 26.5 Å². The van der Waals surface area contributed by atoms with Crippen LogP contribution in [0.5, 0.6) is 0 Å². The van der Waals surface area contributed by atoms with Crippen molar-refractivity contribution in [2.24, 2.45) is 5.73 Å². The molecule has 0 aromatic carbocycles. The number of aliphatic hydroxyl groups excluding tert-OH is 1. The lowest BCUT2D eigenvalue weighted by Crippen LogP contribution is -2.25. The lowest BCUT2D eigenvalue weighted by molar-refractivity contribution is 0.295. The van der Waals surface area contributed by atoms with Crippen molar-refractivity contribution < 1.29 is 5.11 Å². The van der Waals surface area contributed by atoms with Crippen LogP contribution >= 0.6 is 0 Å². The molecule has 0 saturated heterocycles. The molecule has 1 atom stereocenters. The smallest absolute Gasteiger partial charge is 0.153 e. The molecule has 72 valence electrons. The molecule has 0 spiro atoms. The molecule has 1 unspecified atom stereocenters. The fourth-order valence-corrected chi connectivity index (χ4v) is 1.64. The van der Waals surface area contributed by atoms with E-state index in [0.717, 1.165) is 25.1 Å². The molecule has 1 aliphatic heterocycles. The van der Waals surface area contributed by atoms with Gasteiger partial charge in [0.25, 0.3) is 0 Å². The summed E-state index contributed by atoms with van der Waals surface area (Å²) < 4.78 is 1.79. The minimum atomic E-state index is -0.0244. The highest BCUT2D eigenvalue weighted by Gasteiger charge is 2.19. The Morgan fingerprint density at radius 3 is 3.15 bits per heavy atom. The first kappa shape index (κ1) is 8.65. The van der Waals surface area contributed by atoms with Crippen molar-refractivity contribution in [1.82, 2.24) is 14.8 Å². The Balaban J connectivity index is 2.25. The lowest BCUT2D eigenvalue weighted by Gasteiger charge is -2.18. The molecule has 1 aromatic heterocycles. The summed E-state index contributed by atoms with van der Waals surface area (Å²) in [5, 5.41) is 13.0. The number of aromatic nitrogens is 3. The van der Waals surface area contributed by atoms with Crippen LogP contribution < -0.4 is 5.73 Å². The van der Waals surface area contributed by atoms with Crippen LogP contribution in [0, 0.1) is 0 Å². The van der Waals surface area contributed by atoms with Crippen molar-refractivity contribution in [1.29, 1.82) is 0 Å². The second-order valence-electron chi connectivity index (χ2n) is 3.32. The van der Waals surface area contributed by atoms with Gasteiger partial charge in [0.2, 0.25) is 0 Å². The maximum Gasteiger partial charge on any atom is 0.153 e. The van der Waals surface area contributed by atoms with Gasteiger partial charge in [0, 0.05) is 12.8 Å². The number of nitrogens with zero attached hydrogens (tertiary/aromatic N) is 3. The molecule has 0 radical (unpaired) electrons. The molecular formula is C8H14N4O. The summed E-state index contributed by atoms with van der Waals surface area (Å²) in [4.78, 5) is 4.30. The number of rotatable bonds is 2. The van der Waals surface area contributed by atoms with E-state index in [1.165, 1.54) is 0 Å². The number of nitrogens with two attached hydrogens (primary N) is 1. The molecule has 2 heterocycles. The minimum absolute atomic E-state index is 0.0244. The molecule has 0 amide bonds. The largest absolute Gasteiger partial charge is 0.396 e. The highest BCUT2D eigenvalue weighted by atomic mass is 16.3. The first-order valence-corrected chi connectivity index (χ1v) is 4.62.